The first-order valence-corrected chi connectivity index (χ1v) is 7.65. The van der Waals surface area contributed by atoms with Crippen LogP contribution in [0.1, 0.15) is 25.5 Å². The number of nitro benzene ring substituents is 1. The number of methoxy groups -OCH3 is 1. The molecule has 140 valence electrons. The molecule has 2 unspecified atom stereocenters. The Kier molecular flexibility index (Phi) is 5.34. The van der Waals surface area contributed by atoms with E-state index in [4.69, 9.17) is 9.47 Å². The Hall–Kier alpha value is -3.30. The summed E-state index contributed by atoms with van der Waals surface area (Å²) in [5.41, 5.74) is -0.499. The zero-order valence-electron chi connectivity index (χ0n) is 14.4. The van der Waals surface area contributed by atoms with Crippen molar-refractivity contribution < 1.29 is 29.1 Å². The molecule has 2 atom stereocenters. The number of ether oxygens (including phenoxy) is 2. The molecule has 1 aromatic carbocycles. The summed E-state index contributed by atoms with van der Waals surface area (Å²) >= 11 is 0. The van der Waals surface area contributed by atoms with E-state index >= 15 is 0 Å². The zero-order valence-corrected chi connectivity index (χ0v) is 14.4. The van der Waals surface area contributed by atoms with Crippen LogP contribution in [0.2, 0.25) is 0 Å². The Morgan fingerprint density at radius 2 is 2.04 bits per heavy atom. The number of nitrogens with zero attached hydrogens (tertiary/aromatic N) is 1. The highest BCUT2D eigenvalue weighted by molar-refractivity contribution is 5.85. The van der Waals surface area contributed by atoms with Crippen molar-refractivity contribution in [2.45, 2.75) is 26.0 Å². The monoisotopic (exact) mass is 364 g/mol. The first-order chi connectivity index (χ1) is 12.1. The van der Waals surface area contributed by atoms with Crippen molar-refractivity contribution in [3.8, 4) is 11.5 Å². The maximum atomic E-state index is 12.4. The van der Waals surface area contributed by atoms with Gasteiger partial charge in [0.2, 0.25) is 0 Å². The van der Waals surface area contributed by atoms with Crippen LogP contribution in [0.15, 0.2) is 24.4 Å². The molecule has 0 radical (unpaired) electrons. The SMILES string of the molecule is C=C1NC(=O)NC(c2cc(OC)c([O-])c([N+](=O)[O-])c2)C1C(=O)OC(C)C. The number of nitro groups is 1. The Labute approximate surface area is 148 Å². The Morgan fingerprint density at radius 3 is 2.58 bits per heavy atom. The molecule has 1 aliphatic rings. The molecule has 2 N–H and O–H groups in total. The van der Waals surface area contributed by atoms with Gasteiger partial charge in [0.05, 0.1) is 24.2 Å². The number of esters is 1. The molecular formula is C16H18N3O7-. The fourth-order valence-corrected chi connectivity index (χ4v) is 2.62. The standard InChI is InChI=1S/C16H19N3O7/c1-7(2)26-15(21)12-8(3)17-16(22)18-13(12)9-5-10(19(23)24)14(20)11(6-9)25-4/h5-7,12-13,20H,3H2,1-2,4H3,(H2,17,18,22)/p-1. The molecule has 0 bridgehead atoms. The number of carbonyl (C=O) groups is 2. The van der Waals surface area contributed by atoms with Crippen molar-refractivity contribution in [2.75, 3.05) is 7.11 Å². The van der Waals surface area contributed by atoms with Gasteiger partial charge >= 0.3 is 12.0 Å². The van der Waals surface area contributed by atoms with Gasteiger partial charge in [-0.2, -0.15) is 0 Å². The first kappa shape index (κ1) is 19.0. The van der Waals surface area contributed by atoms with Gasteiger partial charge in [0, 0.05) is 17.5 Å². The minimum absolute atomic E-state index is 0.0808. The predicted molar refractivity (Wildman–Crippen MR) is 87.4 cm³/mol. The second-order valence-electron chi connectivity index (χ2n) is 5.89. The van der Waals surface area contributed by atoms with Gasteiger partial charge in [0.15, 0.2) is 0 Å². The van der Waals surface area contributed by atoms with E-state index in [-0.39, 0.29) is 17.0 Å². The lowest BCUT2D eigenvalue weighted by Gasteiger charge is -2.34. The van der Waals surface area contributed by atoms with E-state index in [1.807, 2.05) is 0 Å². The van der Waals surface area contributed by atoms with E-state index in [0.29, 0.717) is 0 Å². The van der Waals surface area contributed by atoms with Gasteiger partial charge in [-0.3, -0.25) is 14.9 Å². The smallest absolute Gasteiger partial charge is 0.319 e. The predicted octanol–water partition coefficient (Wildman–Crippen LogP) is 1.11. The number of nitrogens with one attached hydrogen (secondary N) is 2. The lowest BCUT2D eigenvalue weighted by molar-refractivity contribution is -0.398. The second-order valence-corrected chi connectivity index (χ2v) is 5.89. The molecule has 0 saturated carbocycles. The molecule has 10 nitrogen and oxygen atoms in total. The first-order valence-electron chi connectivity index (χ1n) is 7.65. The minimum Gasteiger partial charge on any atom is -0.865 e. The fraction of sp³-hybridized carbons (Fsp3) is 0.375. The van der Waals surface area contributed by atoms with Gasteiger partial charge < -0.3 is 25.2 Å². The Morgan fingerprint density at radius 1 is 1.38 bits per heavy atom. The van der Waals surface area contributed by atoms with E-state index < -0.39 is 46.4 Å². The Balaban J connectivity index is 2.55. The van der Waals surface area contributed by atoms with E-state index in [2.05, 4.69) is 17.2 Å². The van der Waals surface area contributed by atoms with Gasteiger partial charge in [0.25, 0.3) is 5.69 Å². The van der Waals surface area contributed by atoms with Crippen LogP contribution in [-0.2, 0) is 9.53 Å². The molecule has 2 rings (SSSR count). The summed E-state index contributed by atoms with van der Waals surface area (Å²) < 4.78 is 10.1. The van der Waals surface area contributed by atoms with Crippen LogP contribution in [0.4, 0.5) is 10.5 Å². The second kappa shape index (κ2) is 7.30. The molecule has 1 saturated heterocycles. The van der Waals surface area contributed by atoms with Crippen LogP contribution in [0.25, 0.3) is 0 Å². The summed E-state index contributed by atoms with van der Waals surface area (Å²) in [6, 6.07) is 0.593. The van der Waals surface area contributed by atoms with Gasteiger partial charge in [-0.1, -0.05) is 6.58 Å². The molecule has 2 amide bonds. The van der Waals surface area contributed by atoms with Crippen LogP contribution >= 0.6 is 0 Å². The van der Waals surface area contributed by atoms with E-state index in [0.717, 1.165) is 6.07 Å². The average molecular weight is 364 g/mol. The highest BCUT2D eigenvalue weighted by Gasteiger charge is 2.40. The van der Waals surface area contributed by atoms with Crippen LogP contribution in [0, 0.1) is 16.0 Å². The van der Waals surface area contributed by atoms with Gasteiger partial charge in [0.1, 0.15) is 11.7 Å². The van der Waals surface area contributed by atoms with Crippen molar-refractivity contribution in [2.24, 2.45) is 5.92 Å². The summed E-state index contributed by atoms with van der Waals surface area (Å²) in [6.45, 7) is 6.98. The van der Waals surface area contributed by atoms with Crippen molar-refractivity contribution in [3.05, 3.63) is 40.1 Å². The third kappa shape index (κ3) is 3.68. The summed E-state index contributed by atoms with van der Waals surface area (Å²) in [5.74, 6) is -2.89. The van der Waals surface area contributed by atoms with Crippen LogP contribution < -0.4 is 20.5 Å². The largest absolute Gasteiger partial charge is 0.865 e. The number of carbonyl (C=O) groups excluding carboxylic acids is 2. The summed E-state index contributed by atoms with van der Waals surface area (Å²) in [5, 5.41) is 28.0. The van der Waals surface area contributed by atoms with Crippen LogP contribution in [0.3, 0.4) is 0 Å². The van der Waals surface area contributed by atoms with Gasteiger partial charge in [-0.25, -0.2) is 4.79 Å². The lowest BCUT2D eigenvalue weighted by Crippen LogP contribution is -2.51. The van der Waals surface area contributed by atoms with Gasteiger partial charge in [-0.15, -0.1) is 0 Å². The third-order valence-corrected chi connectivity index (χ3v) is 3.71. The fourth-order valence-electron chi connectivity index (χ4n) is 2.62. The van der Waals surface area contributed by atoms with Gasteiger partial charge in [-0.05, 0) is 25.5 Å². The van der Waals surface area contributed by atoms with Crippen molar-refractivity contribution in [1.29, 1.82) is 0 Å². The average Bonchev–Trinajstić information content (AvgIpc) is 2.53. The molecule has 1 aliphatic heterocycles. The number of amides is 2. The lowest BCUT2D eigenvalue weighted by atomic mass is 9.88. The molecule has 1 fully saturated rings. The topological polar surface area (TPSA) is 143 Å². The van der Waals surface area contributed by atoms with Crippen molar-refractivity contribution in [1.82, 2.24) is 10.6 Å². The number of hydrogen-bond donors (Lipinski definition) is 2. The molecule has 1 heterocycles. The summed E-state index contributed by atoms with van der Waals surface area (Å²) in [4.78, 5) is 34.6. The van der Waals surface area contributed by atoms with Crippen molar-refractivity contribution >= 4 is 17.7 Å². The molecule has 0 aromatic heterocycles. The molecule has 0 spiro atoms. The van der Waals surface area contributed by atoms with Crippen molar-refractivity contribution in [3.63, 3.8) is 0 Å². The number of urea groups is 1. The normalized spacial score (nSPS) is 19.5. The van der Waals surface area contributed by atoms with E-state index in [1.165, 1.54) is 13.2 Å². The van der Waals surface area contributed by atoms with E-state index in [1.54, 1.807) is 13.8 Å². The Bertz CT molecular complexity index is 775. The molecule has 26 heavy (non-hydrogen) atoms. The summed E-state index contributed by atoms with van der Waals surface area (Å²) in [6.07, 6.45) is -0.415. The highest BCUT2D eigenvalue weighted by atomic mass is 16.6. The van der Waals surface area contributed by atoms with Crippen LogP contribution in [0.5, 0.6) is 11.5 Å². The maximum Gasteiger partial charge on any atom is 0.319 e. The quantitative estimate of drug-likeness (QED) is 0.452. The summed E-state index contributed by atoms with van der Waals surface area (Å²) in [7, 11) is 1.19. The third-order valence-electron chi connectivity index (χ3n) is 3.71. The molecular weight excluding hydrogens is 346 g/mol. The zero-order chi connectivity index (χ0) is 19.6. The molecule has 10 heteroatoms. The number of hydrogen-bond acceptors (Lipinski definition) is 7. The molecule has 1 aromatic rings. The maximum absolute atomic E-state index is 12.4. The number of benzene rings is 1. The highest BCUT2D eigenvalue weighted by Crippen LogP contribution is 2.39. The van der Waals surface area contributed by atoms with E-state index in [9.17, 15) is 24.8 Å². The number of rotatable bonds is 5. The molecule has 0 aliphatic carbocycles. The van der Waals surface area contributed by atoms with Crippen LogP contribution in [-0.4, -0.2) is 30.1 Å². The minimum atomic E-state index is -1.04.